The van der Waals surface area contributed by atoms with Crippen LogP contribution < -0.4 is 0 Å². The van der Waals surface area contributed by atoms with Crippen LogP contribution in [0, 0.1) is 0 Å². The largest absolute Gasteiger partial charge is 0.473 e. The van der Waals surface area contributed by atoms with Crippen LogP contribution in [0.4, 0.5) is 0 Å². The van der Waals surface area contributed by atoms with Gasteiger partial charge in [-0.2, -0.15) is 0 Å². The summed E-state index contributed by atoms with van der Waals surface area (Å²) in [5.41, 5.74) is 1.38. The maximum absolute atomic E-state index is 5.71. The maximum atomic E-state index is 5.71. The molecule has 1 rings (SSSR count). The van der Waals surface area contributed by atoms with Crippen molar-refractivity contribution in [1.29, 1.82) is 0 Å². The van der Waals surface area contributed by atoms with E-state index in [-0.39, 0.29) is 18.2 Å². The first-order valence-corrected chi connectivity index (χ1v) is 8.41. The number of hydrogen-bond acceptors (Lipinski definition) is 0. The van der Waals surface area contributed by atoms with Crippen LogP contribution in [0.2, 0.25) is 5.02 Å². The van der Waals surface area contributed by atoms with Crippen molar-refractivity contribution in [3.63, 3.8) is 0 Å². The molecule has 0 spiro atoms. The predicted octanol–water partition coefficient (Wildman–Crippen LogP) is 2.85. The van der Waals surface area contributed by atoms with Crippen LogP contribution in [0.1, 0.15) is 5.56 Å². The topological polar surface area (TPSA) is 0 Å². The van der Waals surface area contributed by atoms with Gasteiger partial charge >= 0.3 is 18.2 Å². The molecule has 10 heavy (non-hydrogen) atoms. The van der Waals surface area contributed by atoms with E-state index in [0.29, 0.717) is 0 Å². The third-order valence-electron chi connectivity index (χ3n) is 1.30. The standard InChI is InChI=1S/C7H6Cl.BrH.Mg/c1-6-2-4-7(8)5-3-6;;/h2-5H,1H2;1H;/q;;+1/p-1. The molecule has 0 saturated carbocycles. The molecule has 1 aromatic carbocycles. The summed E-state index contributed by atoms with van der Waals surface area (Å²) in [6.45, 7) is 0. The molecule has 0 radical (unpaired) electrons. The zero-order chi connectivity index (χ0) is 7.40. The number of halogens is 2. The number of rotatable bonds is 2. The van der Waals surface area contributed by atoms with Crippen molar-refractivity contribution >= 4 is 42.7 Å². The molecule has 0 aliphatic carbocycles. The van der Waals surface area contributed by atoms with E-state index in [9.17, 15) is 0 Å². The lowest BCUT2D eigenvalue weighted by Gasteiger charge is -1.95. The molecule has 50 valence electrons. The monoisotopic (exact) mass is 228 g/mol. The molecule has 0 aromatic heterocycles. The summed E-state index contributed by atoms with van der Waals surface area (Å²) < 4.78 is 1.21. The summed E-state index contributed by atoms with van der Waals surface area (Å²) >= 11 is 9.19. The Kier molecular flexibility index (Phi) is 4.07. The maximum Gasteiger partial charge on any atom is 0.473 e. The van der Waals surface area contributed by atoms with E-state index in [2.05, 4.69) is 25.0 Å². The Bertz CT molecular complexity index is 197. The quantitative estimate of drug-likeness (QED) is 0.685. The van der Waals surface area contributed by atoms with Crippen LogP contribution in [-0.2, 0) is 4.55 Å². The molecule has 0 atom stereocenters. The van der Waals surface area contributed by atoms with Crippen LogP contribution in [0.15, 0.2) is 24.3 Å². The second kappa shape index (κ2) is 4.60. The molecular formula is C7H6BrClMg. The summed E-state index contributed by atoms with van der Waals surface area (Å²) in [6.07, 6.45) is 0. The summed E-state index contributed by atoms with van der Waals surface area (Å²) in [6, 6.07) is 8.04. The minimum atomic E-state index is -0.0272. The van der Waals surface area contributed by atoms with Crippen LogP contribution >= 0.6 is 24.5 Å². The van der Waals surface area contributed by atoms with E-state index in [1.165, 1.54) is 10.1 Å². The Morgan fingerprint density at radius 3 is 2.40 bits per heavy atom. The molecule has 0 aliphatic heterocycles. The van der Waals surface area contributed by atoms with Gasteiger partial charge in [0.1, 0.15) is 0 Å². The Labute approximate surface area is 81.6 Å². The average Bonchev–Trinajstić information content (AvgIpc) is 1.95. The SMILES string of the molecule is Clc1ccc([CH2][Mg][Br])cc1. The highest BCUT2D eigenvalue weighted by molar-refractivity contribution is 9.23. The second-order valence-electron chi connectivity index (χ2n) is 2.07. The van der Waals surface area contributed by atoms with E-state index >= 15 is 0 Å². The lowest BCUT2D eigenvalue weighted by molar-refractivity contribution is 1.40. The Morgan fingerprint density at radius 1 is 1.30 bits per heavy atom. The van der Waals surface area contributed by atoms with Gasteiger partial charge in [-0.05, 0) is 12.1 Å². The van der Waals surface area contributed by atoms with Crippen LogP contribution in [-0.4, -0.2) is 18.2 Å². The predicted molar refractivity (Wildman–Crippen MR) is 49.8 cm³/mol. The average molecular weight is 230 g/mol. The molecule has 0 unspecified atom stereocenters. The van der Waals surface area contributed by atoms with Gasteiger partial charge in [0.05, 0.1) is 0 Å². The van der Waals surface area contributed by atoms with Gasteiger partial charge < -0.3 is 12.9 Å². The Hall–Kier alpha value is 0.756. The Morgan fingerprint density at radius 2 is 1.90 bits per heavy atom. The molecule has 0 heterocycles. The molecule has 0 aliphatic rings. The fourth-order valence-electron chi connectivity index (χ4n) is 0.760. The molecule has 0 amide bonds. The molecule has 0 bridgehead atoms. The van der Waals surface area contributed by atoms with Crippen molar-refractivity contribution in [1.82, 2.24) is 0 Å². The van der Waals surface area contributed by atoms with E-state index < -0.39 is 0 Å². The minimum absolute atomic E-state index is 0.0272. The molecule has 0 N–H and O–H groups in total. The third-order valence-corrected chi connectivity index (χ3v) is 3.50. The van der Waals surface area contributed by atoms with E-state index in [4.69, 9.17) is 11.6 Å². The van der Waals surface area contributed by atoms with Crippen molar-refractivity contribution in [3.05, 3.63) is 34.9 Å². The van der Waals surface area contributed by atoms with Crippen molar-refractivity contribution in [2.45, 2.75) is 4.55 Å². The zero-order valence-electron chi connectivity index (χ0n) is 5.48. The first kappa shape index (κ1) is 8.85. The molecular weight excluding hydrogens is 224 g/mol. The zero-order valence-corrected chi connectivity index (χ0v) is 9.24. The van der Waals surface area contributed by atoms with Crippen LogP contribution in [0.25, 0.3) is 0 Å². The van der Waals surface area contributed by atoms with Crippen molar-refractivity contribution in [3.8, 4) is 0 Å². The highest BCUT2D eigenvalue weighted by atomic mass is 79.9. The van der Waals surface area contributed by atoms with Gasteiger partial charge in [-0.15, -0.1) is 4.55 Å². The highest BCUT2D eigenvalue weighted by Gasteiger charge is 1.93. The van der Waals surface area contributed by atoms with Gasteiger partial charge in [0, 0.05) is 5.02 Å². The lowest BCUT2D eigenvalue weighted by atomic mass is 10.2. The summed E-state index contributed by atoms with van der Waals surface area (Å²) in [5.74, 6) is 0. The van der Waals surface area contributed by atoms with Gasteiger partial charge in [-0.1, -0.05) is 29.3 Å². The first-order valence-electron chi connectivity index (χ1n) is 3.13. The van der Waals surface area contributed by atoms with E-state index in [0.717, 1.165) is 5.02 Å². The molecule has 0 saturated heterocycles. The number of hydrogen-bond donors (Lipinski definition) is 0. The fraction of sp³-hybridized carbons (Fsp3) is 0.143. The van der Waals surface area contributed by atoms with Gasteiger partial charge in [0.2, 0.25) is 0 Å². The third kappa shape index (κ3) is 2.78. The smallest absolute Gasteiger partial charge is 0.306 e. The van der Waals surface area contributed by atoms with Gasteiger partial charge in [0.25, 0.3) is 0 Å². The van der Waals surface area contributed by atoms with Gasteiger partial charge in [-0.25, -0.2) is 0 Å². The summed E-state index contributed by atoms with van der Waals surface area (Å²) in [4.78, 5) is 0. The van der Waals surface area contributed by atoms with E-state index in [1.54, 1.807) is 0 Å². The summed E-state index contributed by atoms with van der Waals surface area (Å²) in [5, 5.41) is 0.819. The van der Waals surface area contributed by atoms with Crippen LogP contribution in [0.3, 0.4) is 0 Å². The number of benzene rings is 1. The molecule has 0 fully saturated rings. The van der Waals surface area contributed by atoms with Crippen LogP contribution in [0.5, 0.6) is 0 Å². The highest BCUT2D eigenvalue weighted by Crippen LogP contribution is 2.09. The van der Waals surface area contributed by atoms with Gasteiger partial charge in [-0.3, -0.25) is 0 Å². The van der Waals surface area contributed by atoms with Crippen molar-refractivity contribution in [2.75, 3.05) is 0 Å². The van der Waals surface area contributed by atoms with Gasteiger partial charge in [0.15, 0.2) is 0 Å². The van der Waals surface area contributed by atoms with Crippen molar-refractivity contribution < 1.29 is 0 Å². The normalized spacial score (nSPS) is 9.00. The Balaban J connectivity index is 2.69. The molecule has 0 nitrogen and oxygen atoms in total. The fourth-order valence-corrected chi connectivity index (χ4v) is 2.81. The second-order valence-corrected chi connectivity index (χ2v) is 5.76. The lowest BCUT2D eigenvalue weighted by Crippen LogP contribution is -1.86. The van der Waals surface area contributed by atoms with E-state index in [1.807, 2.05) is 12.1 Å². The molecule has 1 aromatic rings. The van der Waals surface area contributed by atoms with Crippen molar-refractivity contribution in [2.24, 2.45) is 0 Å². The minimum Gasteiger partial charge on any atom is -0.306 e. The first-order chi connectivity index (χ1) is 4.83. The summed E-state index contributed by atoms with van der Waals surface area (Å²) in [7, 11) is 0. The molecule has 3 heteroatoms.